The zero-order valence-electron chi connectivity index (χ0n) is 19.0. The SMILES string of the molecule is O=C(CN1CCN(c2ccccn2)CC1)NCCCCN1CCN(c2ccccc2)CC1. The van der Waals surface area contributed by atoms with Gasteiger partial charge in [0, 0.05) is 70.8 Å². The summed E-state index contributed by atoms with van der Waals surface area (Å²) in [7, 11) is 0. The van der Waals surface area contributed by atoms with E-state index in [1.165, 1.54) is 5.69 Å². The van der Waals surface area contributed by atoms with Crippen molar-refractivity contribution in [2.45, 2.75) is 12.8 Å². The summed E-state index contributed by atoms with van der Waals surface area (Å²) in [4.78, 5) is 26.3. The van der Waals surface area contributed by atoms with E-state index < -0.39 is 0 Å². The summed E-state index contributed by atoms with van der Waals surface area (Å²) in [6, 6.07) is 16.7. The van der Waals surface area contributed by atoms with Gasteiger partial charge in [0.25, 0.3) is 0 Å². The summed E-state index contributed by atoms with van der Waals surface area (Å²) in [6.45, 7) is 10.4. The van der Waals surface area contributed by atoms with Crippen molar-refractivity contribution in [3.8, 4) is 0 Å². The maximum atomic E-state index is 12.3. The molecule has 2 aliphatic heterocycles. The third-order valence-electron chi connectivity index (χ3n) is 6.43. The Morgan fingerprint density at radius 3 is 2.19 bits per heavy atom. The molecule has 0 unspecified atom stereocenters. The predicted octanol–water partition coefficient (Wildman–Crippen LogP) is 1.92. The van der Waals surface area contributed by atoms with Gasteiger partial charge in [-0.15, -0.1) is 0 Å². The summed E-state index contributed by atoms with van der Waals surface area (Å²) >= 11 is 0. The number of carbonyl (C=O) groups excluding carboxylic acids is 1. The number of aromatic nitrogens is 1. The summed E-state index contributed by atoms with van der Waals surface area (Å²) in [5, 5.41) is 3.11. The van der Waals surface area contributed by atoms with Gasteiger partial charge in [-0.1, -0.05) is 24.3 Å². The minimum atomic E-state index is 0.146. The molecule has 7 heteroatoms. The van der Waals surface area contributed by atoms with Crippen LogP contribution in [-0.2, 0) is 4.79 Å². The quantitative estimate of drug-likeness (QED) is 0.606. The molecule has 0 radical (unpaired) electrons. The largest absolute Gasteiger partial charge is 0.369 e. The van der Waals surface area contributed by atoms with Crippen molar-refractivity contribution in [1.29, 1.82) is 0 Å². The predicted molar refractivity (Wildman–Crippen MR) is 130 cm³/mol. The molecular weight excluding hydrogens is 400 g/mol. The van der Waals surface area contributed by atoms with Crippen molar-refractivity contribution >= 4 is 17.4 Å². The molecule has 1 aromatic carbocycles. The van der Waals surface area contributed by atoms with E-state index in [0.29, 0.717) is 6.54 Å². The van der Waals surface area contributed by atoms with Gasteiger partial charge in [0.05, 0.1) is 6.54 Å². The van der Waals surface area contributed by atoms with Gasteiger partial charge in [-0.3, -0.25) is 14.6 Å². The van der Waals surface area contributed by atoms with Crippen LogP contribution in [0.4, 0.5) is 11.5 Å². The third-order valence-corrected chi connectivity index (χ3v) is 6.43. The highest BCUT2D eigenvalue weighted by atomic mass is 16.2. The smallest absolute Gasteiger partial charge is 0.234 e. The number of benzene rings is 1. The van der Waals surface area contributed by atoms with Crippen LogP contribution in [-0.4, -0.2) is 92.7 Å². The molecule has 32 heavy (non-hydrogen) atoms. The lowest BCUT2D eigenvalue weighted by molar-refractivity contribution is -0.122. The highest BCUT2D eigenvalue weighted by molar-refractivity contribution is 5.78. The lowest BCUT2D eigenvalue weighted by Gasteiger charge is -2.36. The fraction of sp³-hybridized carbons (Fsp3) is 0.520. The van der Waals surface area contributed by atoms with Crippen LogP contribution >= 0.6 is 0 Å². The van der Waals surface area contributed by atoms with Crippen molar-refractivity contribution in [3.05, 3.63) is 54.7 Å². The monoisotopic (exact) mass is 436 g/mol. The molecule has 0 spiro atoms. The molecule has 2 aromatic rings. The zero-order valence-corrected chi connectivity index (χ0v) is 19.0. The standard InChI is InChI=1S/C25H36N6O/c32-25(22-29-16-20-31(21-17-29)24-10-4-5-11-26-24)27-12-6-7-13-28-14-18-30(19-15-28)23-8-2-1-3-9-23/h1-5,8-11H,6-7,12-22H2,(H,27,32). The van der Waals surface area contributed by atoms with E-state index in [2.05, 4.69) is 60.2 Å². The fourth-order valence-corrected chi connectivity index (χ4v) is 4.49. The third kappa shape index (κ3) is 6.68. The van der Waals surface area contributed by atoms with Gasteiger partial charge in [-0.25, -0.2) is 4.98 Å². The van der Waals surface area contributed by atoms with E-state index in [4.69, 9.17) is 0 Å². The zero-order chi connectivity index (χ0) is 22.0. The van der Waals surface area contributed by atoms with Crippen molar-refractivity contribution < 1.29 is 4.79 Å². The minimum Gasteiger partial charge on any atom is -0.369 e. The second-order valence-electron chi connectivity index (χ2n) is 8.67. The molecule has 2 fully saturated rings. The van der Waals surface area contributed by atoms with E-state index >= 15 is 0 Å². The average molecular weight is 437 g/mol. The second kappa shape index (κ2) is 11.8. The molecule has 0 bridgehead atoms. The van der Waals surface area contributed by atoms with Crippen LogP contribution in [0.2, 0.25) is 0 Å². The summed E-state index contributed by atoms with van der Waals surface area (Å²) < 4.78 is 0. The number of piperazine rings is 2. The number of hydrogen-bond acceptors (Lipinski definition) is 6. The maximum absolute atomic E-state index is 12.3. The Kier molecular flexibility index (Phi) is 8.34. The van der Waals surface area contributed by atoms with E-state index in [-0.39, 0.29) is 5.91 Å². The molecule has 1 amide bonds. The fourth-order valence-electron chi connectivity index (χ4n) is 4.49. The minimum absolute atomic E-state index is 0.146. The topological polar surface area (TPSA) is 55.0 Å². The van der Waals surface area contributed by atoms with Crippen LogP contribution in [0.5, 0.6) is 0 Å². The van der Waals surface area contributed by atoms with Crippen LogP contribution in [0.15, 0.2) is 54.7 Å². The van der Waals surface area contributed by atoms with Crippen molar-refractivity contribution in [2.75, 3.05) is 81.8 Å². The molecule has 2 aliphatic rings. The van der Waals surface area contributed by atoms with Gasteiger partial charge < -0.3 is 15.1 Å². The second-order valence-corrected chi connectivity index (χ2v) is 8.67. The molecule has 3 heterocycles. The molecule has 0 aliphatic carbocycles. The maximum Gasteiger partial charge on any atom is 0.234 e. The molecule has 2 saturated heterocycles. The van der Waals surface area contributed by atoms with Crippen LogP contribution < -0.4 is 15.1 Å². The Morgan fingerprint density at radius 1 is 0.781 bits per heavy atom. The Labute approximate surface area is 192 Å². The molecule has 1 aromatic heterocycles. The highest BCUT2D eigenvalue weighted by Crippen LogP contribution is 2.16. The van der Waals surface area contributed by atoms with Crippen LogP contribution in [0.1, 0.15) is 12.8 Å². The molecule has 1 N–H and O–H groups in total. The number of amides is 1. The number of anilines is 2. The molecule has 4 rings (SSSR count). The Hall–Kier alpha value is -2.64. The first-order valence-electron chi connectivity index (χ1n) is 12.0. The highest BCUT2D eigenvalue weighted by Gasteiger charge is 2.20. The normalized spacial score (nSPS) is 18.0. The van der Waals surface area contributed by atoms with Gasteiger partial charge >= 0.3 is 0 Å². The van der Waals surface area contributed by atoms with E-state index in [1.54, 1.807) is 0 Å². The number of nitrogens with zero attached hydrogens (tertiary/aromatic N) is 5. The number of rotatable bonds is 9. The van der Waals surface area contributed by atoms with Gasteiger partial charge in [0.15, 0.2) is 0 Å². The Balaban J connectivity index is 1.03. The number of unbranched alkanes of at least 4 members (excludes halogenated alkanes) is 1. The lowest BCUT2D eigenvalue weighted by Crippen LogP contribution is -2.49. The first-order valence-corrected chi connectivity index (χ1v) is 12.0. The lowest BCUT2D eigenvalue weighted by atomic mass is 10.2. The molecular formula is C25H36N6O. The van der Waals surface area contributed by atoms with E-state index in [1.807, 2.05) is 24.4 Å². The van der Waals surface area contributed by atoms with Gasteiger partial charge in [0.2, 0.25) is 5.91 Å². The van der Waals surface area contributed by atoms with Crippen LogP contribution in [0.25, 0.3) is 0 Å². The molecule has 0 atom stereocenters. The van der Waals surface area contributed by atoms with Crippen molar-refractivity contribution in [3.63, 3.8) is 0 Å². The summed E-state index contributed by atoms with van der Waals surface area (Å²) in [6.07, 6.45) is 4.01. The first-order chi connectivity index (χ1) is 15.8. The number of para-hydroxylation sites is 1. The molecule has 7 nitrogen and oxygen atoms in total. The van der Waals surface area contributed by atoms with E-state index in [0.717, 1.165) is 84.1 Å². The van der Waals surface area contributed by atoms with Crippen LogP contribution in [0, 0.1) is 0 Å². The first kappa shape index (κ1) is 22.6. The van der Waals surface area contributed by atoms with Gasteiger partial charge in [-0.2, -0.15) is 0 Å². The number of pyridine rings is 1. The Bertz CT molecular complexity index is 802. The molecule has 0 saturated carbocycles. The average Bonchev–Trinajstić information content (AvgIpc) is 2.86. The van der Waals surface area contributed by atoms with Gasteiger partial charge in [-0.05, 0) is 43.7 Å². The number of carbonyl (C=O) groups is 1. The summed E-state index contributed by atoms with van der Waals surface area (Å²) in [5.41, 5.74) is 1.33. The summed E-state index contributed by atoms with van der Waals surface area (Å²) in [5.74, 6) is 1.17. The van der Waals surface area contributed by atoms with E-state index in [9.17, 15) is 4.79 Å². The van der Waals surface area contributed by atoms with Crippen molar-refractivity contribution in [2.24, 2.45) is 0 Å². The Morgan fingerprint density at radius 2 is 1.47 bits per heavy atom. The number of hydrogen-bond donors (Lipinski definition) is 1. The molecule has 172 valence electrons. The van der Waals surface area contributed by atoms with Crippen LogP contribution in [0.3, 0.4) is 0 Å². The number of nitrogens with one attached hydrogen (secondary N) is 1. The van der Waals surface area contributed by atoms with Crippen molar-refractivity contribution in [1.82, 2.24) is 20.1 Å². The van der Waals surface area contributed by atoms with Gasteiger partial charge in [0.1, 0.15) is 5.82 Å².